The van der Waals surface area contributed by atoms with E-state index in [-0.39, 0.29) is 5.56 Å². The zero-order chi connectivity index (χ0) is 14.8. The quantitative estimate of drug-likeness (QED) is 0.653. The van der Waals surface area contributed by atoms with Crippen molar-refractivity contribution in [2.45, 2.75) is 38.8 Å². The van der Waals surface area contributed by atoms with Crippen molar-refractivity contribution in [1.82, 2.24) is 9.97 Å². The number of H-pyrrole nitrogens is 1. The molecule has 1 aromatic rings. The van der Waals surface area contributed by atoms with E-state index in [1.165, 1.54) is 11.8 Å². The minimum Gasteiger partial charge on any atom is -0.441 e. The van der Waals surface area contributed by atoms with E-state index < -0.39 is 17.6 Å². The van der Waals surface area contributed by atoms with Gasteiger partial charge in [0, 0.05) is 5.41 Å². The third-order valence-corrected chi connectivity index (χ3v) is 3.21. The Kier molecular flexibility index (Phi) is 4.62. The standard InChI is InChI=1S/C12H19N3O3S/c1-6-14-9(16)7(10(15-6)19-5)8(12(2,3)4)18-11(13)17/h8H,1-5H3,(H2,13,17)(H,14,15,16). The fraction of sp³-hybridized carbons (Fsp3) is 0.583. The van der Waals surface area contributed by atoms with Crippen molar-refractivity contribution in [2.24, 2.45) is 11.1 Å². The molecule has 0 aliphatic rings. The van der Waals surface area contributed by atoms with Crippen LogP contribution in [0.2, 0.25) is 0 Å². The number of hydrogen-bond donors (Lipinski definition) is 2. The molecule has 1 amide bonds. The van der Waals surface area contributed by atoms with Crippen LogP contribution < -0.4 is 11.3 Å². The highest BCUT2D eigenvalue weighted by Crippen LogP contribution is 2.37. The van der Waals surface area contributed by atoms with Gasteiger partial charge in [0.2, 0.25) is 0 Å². The number of hydrogen-bond acceptors (Lipinski definition) is 5. The molecule has 0 saturated heterocycles. The minimum atomic E-state index is -0.910. The van der Waals surface area contributed by atoms with Crippen LogP contribution in [0.25, 0.3) is 0 Å². The first-order valence-electron chi connectivity index (χ1n) is 5.77. The molecule has 7 heteroatoms. The topological polar surface area (TPSA) is 98.1 Å². The molecule has 1 heterocycles. The summed E-state index contributed by atoms with van der Waals surface area (Å²) >= 11 is 1.33. The number of amides is 1. The number of primary amides is 1. The van der Waals surface area contributed by atoms with Gasteiger partial charge in [0.15, 0.2) is 0 Å². The Morgan fingerprint density at radius 3 is 2.47 bits per heavy atom. The number of carbonyl (C=O) groups excluding carboxylic acids is 1. The first-order chi connectivity index (χ1) is 8.66. The second kappa shape index (κ2) is 5.64. The molecule has 1 aromatic heterocycles. The predicted molar refractivity (Wildman–Crippen MR) is 74.2 cm³/mol. The molecule has 0 aliphatic carbocycles. The lowest BCUT2D eigenvalue weighted by atomic mass is 9.85. The molecular weight excluding hydrogens is 266 g/mol. The van der Waals surface area contributed by atoms with Crippen molar-refractivity contribution >= 4 is 17.9 Å². The molecule has 0 bridgehead atoms. The number of nitrogens with zero attached hydrogens (tertiary/aromatic N) is 1. The molecule has 1 unspecified atom stereocenters. The number of nitrogens with one attached hydrogen (secondary N) is 1. The Balaban J connectivity index is 3.46. The fourth-order valence-corrected chi connectivity index (χ4v) is 2.39. The first kappa shape index (κ1) is 15.6. The monoisotopic (exact) mass is 285 g/mol. The second-order valence-electron chi connectivity index (χ2n) is 5.26. The summed E-state index contributed by atoms with van der Waals surface area (Å²) in [6, 6.07) is 0. The van der Waals surface area contributed by atoms with Crippen molar-refractivity contribution in [3.63, 3.8) is 0 Å². The largest absolute Gasteiger partial charge is 0.441 e. The summed E-state index contributed by atoms with van der Waals surface area (Å²) in [4.78, 5) is 30.1. The number of carbonyl (C=O) groups is 1. The van der Waals surface area contributed by atoms with Crippen LogP contribution in [0.1, 0.15) is 38.3 Å². The summed E-state index contributed by atoms with van der Waals surface area (Å²) in [6.07, 6.45) is 0.158. The van der Waals surface area contributed by atoms with Crippen molar-refractivity contribution in [3.05, 3.63) is 21.7 Å². The summed E-state index contributed by atoms with van der Waals surface area (Å²) in [7, 11) is 0. The summed E-state index contributed by atoms with van der Waals surface area (Å²) in [5.74, 6) is 0.518. The van der Waals surface area contributed by atoms with Gasteiger partial charge in [-0.05, 0) is 13.2 Å². The second-order valence-corrected chi connectivity index (χ2v) is 6.05. The molecule has 0 saturated carbocycles. The van der Waals surface area contributed by atoms with E-state index in [4.69, 9.17) is 10.5 Å². The SMILES string of the molecule is CSc1nc(C)[nH]c(=O)c1C(OC(N)=O)C(C)(C)C. The van der Waals surface area contributed by atoms with E-state index in [1.807, 2.05) is 27.0 Å². The van der Waals surface area contributed by atoms with Gasteiger partial charge in [-0.1, -0.05) is 20.8 Å². The molecule has 106 valence electrons. The van der Waals surface area contributed by atoms with Crippen LogP contribution in [0.5, 0.6) is 0 Å². The average molecular weight is 285 g/mol. The number of thioether (sulfide) groups is 1. The van der Waals surface area contributed by atoms with Gasteiger partial charge in [0.25, 0.3) is 5.56 Å². The van der Waals surface area contributed by atoms with E-state index in [1.54, 1.807) is 6.92 Å². The summed E-state index contributed by atoms with van der Waals surface area (Å²) in [5.41, 5.74) is 4.66. The zero-order valence-electron chi connectivity index (χ0n) is 11.7. The average Bonchev–Trinajstić information content (AvgIpc) is 2.24. The fourth-order valence-electron chi connectivity index (χ4n) is 1.74. The van der Waals surface area contributed by atoms with Gasteiger partial charge in [-0.15, -0.1) is 11.8 Å². The number of aromatic amines is 1. The van der Waals surface area contributed by atoms with E-state index in [0.29, 0.717) is 16.4 Å². The third kappa shape index (κ3) is 3.73. The van der Waals surface area contributed by atoms with Crippen LogP contribution in [0, 0.1) is 12.3 Å². The van der Waals surface area contributed by atoms with Crippen molar-refractivity contribution in [1.29, 1.82) is 0 Å². The van der Waals surface area contributed by atoms with Gasteiger partial charge >= 0.3 is 6.09 Å². The van der Waals surface area contributed by atoms with E-state index >= 15 is 0 Å². The van der Waals surface area contributed by atoms with Gasteiger partial charge < -0.3 is 15.5 Å². The Bertz CT molecular complexity index is 534. The number of nitrogens with two attached hydrogens (primary N) is 1. The Morgan fingerprint density at radius 1 is 1.47 bits per heavy atom. The third-order valence-electron chi connectivity index (χ3n) is 2.51. The lowest BCUT2D eigenvalue weighted by Gasteiger charge is -2.30. The van der Waals surface area contributed by atoms with Crippen LogP contribution in [-0.2, 0) is 4.74 Å². The molecule has 0 radical (unpaired) electrons. The van der Waals surface area contributed by atoms with Crippen LogP contribution in [0.4, 0.5) is 4.79 Å². The highest BCUT2D eigenvalue weighted by Gasteiger charge is 2.34. The summed E-state index contributed by atoms with van der Waals surface area (Å²) in [5, 5.41) is 0.544. The Labute approximate surface area is 116 Å². The van der Waals surface area contributed by atoms with Crippen LogP contribution in [0.3, 0.4) is 0 Å². The molecule has 3 N–H and O–H groups in total. The van der Waals surface area contributed by atoms with Crippen molar-refractivity contribution in [2.75, 3.05) is 6.26 Å². The molecule has 0 fully saturated rings. The van der Waals surface area contributed by atoms with Crippen LogP contribution >= 0.6 is 11.8 Å². The smallest absolute Gasteiger partial charge is 0.405 e. The minimum absolute atomic E-state index is 0.307. The lowest BCUT2D eigenvalue weighted by Crippen LogP contribution is -2.32. The van der Waals surface area contributed by atoms with Gasteiger partial charge in [-0.3, -0.25) is 4.79 Å². The highest BCUT2D eigenvalue weighted by molar-refractivity contribution is 7.98. The molecule has 1 atom stereocenters. The van der Waals surface area contributed by atoms with Crippen LogP contribution in [0.15, 0.2) is 9.82 Å². The van der Waals surface area contributed by atoms with E-state index in [0.717, 1.165) is 0 Å². The summed E-state index contributed by atoms with van der Waals surface area (Å²) in [6.45, 7) is 7.30. The molecule has 0 spiro atoms. The first-order valence-corrected chi connectivity index (χ1v) is 7.00. The molecule has 6 nitrogen and oxygen atoms in total. The maximum Gasteiger partial charge on any atom is 0.405 e. The van der Waals surface area contributed by atoms with Crippen molar-refractivity contribution in [3.8, 4) is 0 Å². The maximum atomic E-state index is 12.1. The summed E-state index contributed by atoms with van der Waals surface area (Å²) < 4.78 is 5.13. The maximum absolute atomic E-state index is 12.1. The van der Waals surface area contributed by atoms with Gasteiger partial charge in [-0.2, -0.15) is 0 Å². The van der Waals surface area contributed by atoms with Crippen LogP contribution in [-0.4, -0.2) is 22.3 Å². The van der Waals surface area contributed by atoms with E-state index in [9.17, 15) is 9.59 Å². The Hall–Kier alpha value is -1.50. The highest BCUT2D eigenvalue weighted by atomic mass is 32.2. The number of aromatic nitrogens is 2. The normalized spacial score (nSPS) is 13.1. The number of rotatable bonds is 3. The van der Waals surface area contributed by atoms with Crippen molar-refractivity contribution < 1.29 is 9.53 Å². The molecule has 0 aromatic carbocycles. The van der Waals surface area contributed by atoms with Gasteiger partial charge in [0.1, 0.15) is 17.0 Å². The van der Waals surface area contributed by atoms with E-state index in [2.05, 4.69) is 9.97 Å². The molecule has 1 rings (SSSR count). The number of aryl methyl sites for hydroxylation is 1. The lowest BCUT2D eigenvalue weighted by molar-refractivity contribution is 0.0328. The molecule has 19 heavy (non-hydrogen) atoms. The number of ether oxygens (including phenoxy) is 1. The van der Waals surface area contributed by atoms with Gasteiger partial charge in [0.05, 0.1) is 5.56 Å². The molecular formula is C12H19N3O3S. The zero-order valence-corrected chi connectivity index (χ0v) is 12.6. The predicted octanol–water partition coefficient (Wildman–Crippen LogP) is 1.98. The Morgan fingerprint density at radius 2 is 2.05 bits per heavy atom. The van der Waals surface area contributed by atoms with Gasteiger partial charge in [-0.25, -0.2) is 9.78 Å². The molecule has 0 aliphatic heterocycles.